The summed E-state index contributed by atoms with van der Waals surface area (Å²) in [5, 5.41) is 7.39. The summed E-state index contributed by atoms with van der Waals surface area (Å²) in [6, 6.07) is 1.82. The van der Waals surface area contributed by atoms with E-state index in [0.717, 1.165) is 29.9 Å². The van der Waals surface area contributed by atoms with E-state index >= 15 is 0 Å². The van der Waals surface area contributed by atoms with Gasteiger partial charge < -0.3 is 5.32 Å². The van der Waals surface area contributed by atoms with Gasteiger partial charge in [-0.05, 0) is 26.5 Å². The Morgan fingerprint density at radius 2 is 2.13 bits per heavy atom. The van der Waals surface area contributed by atoms with Gasteiger partial charge in [-0.2, -0.15) is 5.10 Å². The summed E-state index contributed by atoms with van der Waals surface area (Å²) < 4.78 is 26.9. The molecule has 0 bridgehead atoms. The lowest BCUT2D eigenvalue weighted by molar-refractivity contribution is 0.588. The molecule has 2 aromatic rings. The van der Waals surface area contributed by atoms with Crippen LogP contribution in [0.1, 0.15) is 19.0 Å². The molecule has 0 fully saturated rings. The number of aromatic nitrogens is 4. The van der Waals surface area contributed by atoms with Crippen LogP contribution in [-0.4, -0.2) is 47.5 Å². The maximum atomic E-state index is 11.4. The quantitative estimate of drug-likeness (QED) is 0.745. The number of nitrogens with one attached hydrogen (secondary N) is 2. The lowest BCUT2D eigenvalue weighted by Crippen LogP contribution is -2.26. The number of hydrogen-bond donors (Lipinski definition) is 2. The Balaban J connectivity index is 2.11. The Morgan fingerprint density at radius 1 is 1.35 bits per heavy atom. The molecule has 0 spiro atoms. The van der Waals surface area contributed by atoms with Gasteiger partial charge >= 0.3 is 0 Å². The minimum absolute atomic E-state index is 0.0372. The molecule has 9 heteroatoms. The second-order valence-corrected chi connectivity index (χ2v) is 7.15. The van der Waals surface area contributed by atoms with Crippen LogP contribution in [0.3, 0.4) is 0 Å². The van der Waals surface area contributed by atoms with Crippen molar-refractivity contribution in [3.05, 3.63) is 24.2 Å². The maximum absolute atomic E-state index is 11.4. The number of hydrogen-bond acceptors (Lipinski definition) is 6. The summed E-state index contributed by atoms with van der Waals surface area (Å²) in [4.78, 5) is 8.55. The van der Waals surface area contributed by atoms with Crippen molar-refractivity contribution >= 4 is 16.0 Å². The molecular formula is C14H22N6O2S. The lowest BCUT2D eigenvalue weighted by atomic mass is 10.2. The third kappa shape index (κ3) is 4.73. The predicted octanol–water partition coefficient (Wildman–Crippen LogP) is 1.02. The average Bonchev–Trinajstić information content (AvgIpc) is 2.88. The monoisotopic (exact) mass is 338 g/mol. The fourth-order valence-corrected chi connectivity index (χ4v) is 2.68. The molecule has 2 aromatic heterocycles. The molecule has 23 heavy (non-hydrogen) atoms. The maximum Gasteiger partial charge on any atom is 0.223 e. The minimum Gasteiger partial charge on any atom is -0.353 e. The molecule has 0 atom stereocenters. The summed E-state index contributed by atoms with van der Waals surface area (Å²) in [5.74, 6) is 0.362. The van der Waals surface area contributed by atoms with E-state index in [4.69, 9.17) is 0 Å². The molecule has 2 heterocycles. The van der Waals surface area contributed by atoms with Gasteiger partial charge in [-0.1, -0.05) is 6.92 Å². The van der Waals surface area contributed by atoms with Gasteiger partial charge in [0, 0.05) is 31.0 Å². The first-order chi connectivity index (χ1) is 10.9. The van der Waals surface area contributed by atoms with Crippen molar-refractivity contribution in [2.24, 2.45) is 0 Å². The average molecular weight is 338 g/mol. The van der Waals surface area contributed by atoms with Gasteiger partial charge in [0.15, 0.2) is 0 Å². The third-order valence-electron chi connectivity index (χ3n) is 3.30. The Bertz CT molecular complexity index is 756. The van der Waals surface area contributed by atoms with E-state index in [-0.39, 0.29) is 12.3 Å². The van der Waals surface area contributed by atoms with E-state index in [1.807, 2.05) is 23.9 Å². The molecule has 0 aliphatic heterocycles. The van der Waals surface area contributed by atoms with Crippen molar-refractivity contribution in [3.8, 4) is 11.3 Å². The molecule has 126 valence electrons. The van der Waals surface area contributed by atoms with Crippen LogP contribution in [0, 0.1) is 6.92 Å². The van der Waals surface area contributed by atoms with Crippen molar-refractivity contribution in [1.82, 2.24) is 24.5 Å². The van der Waals surface area contributed by atoms with Crippen LogP contribution in [0.4, 0.5) is 5.95 Å². The van der Waals surface area contributed by atoms with Crippen LogP contribution in [0.15, 0.2) is 18.5 Å². The molecule has 0 amide bonds. The van der Waals surface area contributed by atoms with E-state index in [1.54, 1.807) is 6.20 Å². The summed E-state index contributed by atoms with van der Waals surface area (Å²) in [6.07, 6.45) is 4.63. The van der Waals surface area contributed by atoms with Crippen molar-refractivity contribution in [2.45, 2.75) is 26.8 Å². The minimum atomic E-state index is -3.24. The van der Waals surface area contributed by atoms with Gasteiger partial charge in [0.25, 0.3) is 0 Å². The highest BCUT2D eigenvalue weighted by Gasteiger charge is 2.10. The molecule has 0 aromatic carbocycles. The highest BCUT2D eigenvalue weighted by Crippen LogP contribution is 2.21. The van der Waals surface area contributed by atoms with Gasteiger partial charge in [0.1, 0.15) is 0 Å². The van der Waals surface area contributed by atoms with Crippen LogP contribution in [0.2, 0.25) is 0 Å². The zero-order valence-corrected chi connectivity index (χ0v) is 14.4. The number of anilines is 1. The molecule has 0 aliphatic carbocycles. The first-order valence-corrected chi connectivity index (χ1v) is 9.13. The topological polar surface area (TPSA) is 102 Å². The van der Waals surface area contributed by atoms with E-state index in [9.17, 15) is 8.42 Å². The zero-order valence-electron chi connectivity index (χ0n) is 13.6. The lowest BCUT2D eigenvalue weighted by Gasteiger charge is -2.06. The third-order valence-corrected chi connectivity index (χ3v) is 4.66. The Kier molecular flexibility index (Phi) is 5.67. The Labute approximate surface area is 136 Å². The smallest absolute Gasteiger partial charge is 0.223 e. The number of sulfonamides is 1. The van der Waals surface area contributed by atoms with Gasteiger partial charge in [-0.3, -0.25) is 4.68 Å². The normalized spacial score (nSPS) is 11.6. The Morgan fingerprint density at radius 3 is 2.83 bits per heavy atom. The Hall–Kier alpha value is -2.00. The van der Waals surface area contributed by atoms with Crippen LogP contribution in [0.25, 0.3) is 11.3 Å². The molecule has 0 radical (unpaired) electrons. The standard InChI is InChI=1S/C14H22N6O2S/c1-4-8-20-10-12(11(2)19-20)13-5-6-16-14(18-13)17-7-9-23(21,22)15-3/h5-6,10,15H,4,7-9H2,1-3H3,(H,16,17,18). The molecule has 0 saturated carbocycles. The van der Waals surface area contributed by atoms with E-state index < -0.39 is 10.0 Å². The van der Waals surface area contributed by atoms with E-state index in [0.29, 0.717) is 5.95 Å². The summed E-state index contributed by atoms with van der Waals surface area (Å²) >= 11 is 0. The zero-order chi connectivity index (χ0) is 16.9. The second-order valence-electron chi connectivity index (χ2n) is 5.11. The number of aryl methyl sites for hydroxylation is 2. The van der Waals surface area contributed by atoms with Crippen molar-refractivity contribution < 1.29 is 8.42 Å². The summed E-state index contributed by atoms with van der Waals surface area (Å²) in [7, 11) is -1.85. The van der Waals surface area contributed by atoms with Crippen LogP contribution in [0.5, 0.6) is 0 Å². The van der Waals surface area contributed by atoms with E-state index in [2.05, 4.69) is 32.0 Å². The largest absolute Gasteiger partial charge is 0.353 e. The molecule has 2 N–H and O–H groups in total. The highest BCUT2D eigenvalue weighted by atomic mass is 32.2. The molecule has 0 saturated heterocycles. The van der Waals surface area contributed by atoms with Gasteiger partial charge in [0.05, 0.1) is 17.1 Å². The van der Waals surface area contributed by atoms with Gasteiger partial charge in [-0.15, -0.1) is 0 Å². The van der Waals surface area contributed by atoms with Crippen molar-refractivity contribution in [2.75, 3.05) is 24.7 Å². The van der Waals surface area contributed by atoms with E-state index in [1.165, 1.54) is 7.05 Å². The number of rotatable bonds is 8. The fourth-order valence-electron chi connectivity index (χ4n) is 2.11. The van der Waals surface area contributed by atoms with Crippen molar-refractivity contribution in [3.63, 3.8) is 0 Å². The molecular weight excluding hydrogens is 316 g/mol. The SMILES string of the molecule is CCCn1cc(-c2ccnc(NCCS(=O)(=O)NC)n2)c(C)n1. The first-order valence-electron chi connectivity index (χ1n) is 7.47. The molecule has 2 rings (SSSR count). The predicted molar refractivity (Wildman–Crippen MR) is 89.6 cm³/mol. The van der Waals surface area contributed by atoms with Gasteiger partial charge in [0.2, 0.25) is 16.0 Å². The molecule has 0 aliphatic rings. The summed E-state index contributed by atoms with van der Waals surface area (Å²) in [6.45, 7) is 5.14. The van der Waals surface area contributed by atoms with Crippen LogP contribution >= 0.6 is 0 Å². The molecule has 8 nitrogen and oxygen atoms in total. The highest BCUT2D eigenvalue weighted by molar-refractivity contribution is 7.89. The first kappa shape index (κ1) is 17.4. The van der Waals surface area contributed by atoms with Crippen LogP contribution in [-0.2, 0) is 16.6 Å². The second kappa shape index (κ2) is 7.51. The fraction of sp³-hybridized carbons (Fsp3) is 0.500. The van der Waals surface area contributed by atoms with Crippen LogP contribution < -0.4 is 10.0 Å². The van der Waals surface area contributed by atoms with Gasteiger partial charge in [-0.25, -0.2) is 23.1 Å². The summed E-state index contributed by atoms with van der Waals surface area (Å²) in [5.41, 5.74) is 2.62. The molecule has 0 unspecified atom stereocenters. The number of nitrogens with zero attached hydrogens (tertiary/aromatic N) is 4. The van der Waals surface area contributed by atoms with Crippen molar-refractivity contribution in [1.29, 1.82) is 0 Å².